The third kappa shape index (κ3) is 3.66. The Labute approximate surface area is 92.2 Å². The topological polar surface area (TPSA) is 40.5 Å². The minimum absolute atomic E-state index is 0.0808. The maximum absolute atomic E-state index is 12.1. The molecule has 0 aromatic heterocycles. The first-order chi connectivity index (χ1) is 7.33. The highest BCUT2D eigenvalue weighted by molar-refractivity contribution is 5.77. The third-order valence-electron chi connectivity index (χ3n) is 2.91. The van der Waals surface area contributed by atoms with Gasteiger partial charge in [0.2, 0.25) is 5.91 Å². The van der Waals surface area contributed by atoms with Crippen molar-refractivity contribution in [2.24, 2.45) is 5.92 Å². The van der Waals surface area contributed by atoms with E-state index < -0.39 is 18.5 Å². The standard InChI is InChI=1S/C10H16F3NO2/c1-7-2-3-8(6-15)5-14(7)9(16)4-10(11,12)13/h7-8,15H,2-6H2,1H3. The largest absolute Gasteiger partial charge is 0.397 e. The van der Waals surface area contributed by atoms with E-state index in [1.165, 1.54) is 4.90 Å². The molecule has 1 aliphatic heterocycles. The molecule has 0 radical (unpaired) electrons. The normalized spacial score (nSPS) is 26.9. The van der Waals surface area contributed by atoms with Gasteiger partial charge in [0.15, 0.2) is 0 Å². The lowest BCUT2D eigenvalue weighted by Gasteiger charge is -2.37. The average molecular weight is 239 g/mol. The fourth-order valence-electron chi connectivity index (χ4n) is 1.95. The Balaban J connectivity index is 2.59. The summed E-state index contributed by atoms with van der Waals surface area (Å²) in [5, 5.41) is 8.95. The van der Waals surface area contributed by atoms with Gasteiger partial charge in [0.1, 0.15) is 6.42 Å². The van der Waals surface area contributed by atoms with Gasteiger partial charge in [0, 0.05) is 19.2 Å². The van der Waals surface area contributed by atoms with Crippen molar-refractivity contribution >= 4 is 5.91 Å². The SMILES string of the molecule is CC1CCC(CO)CN1C(=O)CC(F)(F)F. The van der Waals surface area contributed by atoms with Crippen LogP contribution in [0.25, 0.3) is 0 Å². The summed E-state index contributed by atoms with van der Waals surface area (Å²) in [6.45, 7) is 1.89. The van der Waals surface area contributed by atoms with Crippen LogP contribution < -0.4 is 0 Å². The molecule has 16 heavy (non-hydrogen) atoms. The highest BCUT2D eigenvalue weighted by Crippen LogP contribution is 2.26. The van der Waals surface area contributed by atoms with Crippen molar-refractivity contribution < 1.29 is 23.1 Å². The molecule has 1 heterocycles. The summed E-state index contributed by atoms with van der Waals surface area (Å²) >= 11 is 0. The van der Waals surface area contributed by atoms with Crippen molar-refractivity contribution in [3.8, 4) is 0 Å². The van der Waals surface area contributed by atoms with Gasteiger partial charge in [0.05, 0.1) is 0 Å². The van der Waals surface area contributed by atoms with Crippen LogP contribution in [0, 0.1) is 5.92 Å². The molecular weight excluding hydrogens is 223 g/mol. The molecule has 94 valence electrons. The van der Waals surface area contributed by atoms with Crippen molar-refractivity contribution in [2.75, 3.05) is 13.2 Å². The number of halogens is 3. The van der Waals surface area contributed by atoms with E-state index in [0.717, 1.165) is 6.42 Å². The number of likely N-dealkylation sites (tertiary alicyclic amines) is 1. The molecule has 0 aliphatic carbocycles. The van der Waals surface area contributed by atoms with Crippen LogP contribution in [0.5, 0.6) is 0 Å². The van der Waals surface area contributed by atoms with Crippen LogP contribution in [0.4, 0.5) is 13.2 Å². The number of carbonyl (C=O) groups is 1. The fraction of sp³-hybridized carbons (Fsp3) is 0.900. The predicted molar refractivity (Wildman–Crippen MR) is 51.7 cm³/mol. The highest BCUT2D eigenvalue weighted by Gasteiger charge is 2.36. The van der Waals surface area contributed by atoms with Crippen molar-refractivity contribution in [2.45, 2.75) is 38.4 Å². The lowest BCUT2D eigenvalue weighted by Crippen LogP contribution is -2.47. The van der Waals surface area contributed by atoms with Crippen molar-refractivity contribution in [1.29, 1.82) is 0 Å². The third-order valence-corrected chi connectivity index (χ3v) is 2.91. The molecule has 1 fully saturated rings. The zero-order valence-corrected chi connectivity index (χ0v) is 9.13. The summed E-state index contributed by atoms with van der Waals surface area (Å²) in [4.78, 5) is 12.6. The molecular formula is C10H16F3NO2. The van der Waals surface area contributed by atoms with Gasteiger partial charge < -0.3 is 10.0 Å². The molecule has 0 aromatic carbocycles. The highest BCUT2D eigenvalue weighted by atomic mass is 19.4. The van der Waals surface area contributed by atoms with E-state index in [9.17, 15) is 18.0 Å². The summed E-state index contributed by atoms with van der Waals surface area (Å²) in [5.41, 5.74) is 0. The van der Waals surface area contributed by atoms with Crippen molar-refractivity contribution in [3.05, 3.63) is 0 Å². The number of rotatable bonds is 2. The first-order valence-electron chi connectivity index (χ1n) is 5.30. The molecule has 6 heteroatoms. The minimum Gasteiger partial charge on any atom is -0.396 e. The lowest BCUT2D eigenvalue weighted by atomic mass is 9.94. The summed E-state index contributed by atoms with van der Waals surface area (Å²) in [5.74, 6) is -0.980. The van der Waals surface area contributed by atoms with E-state index in [1.807, 2.05) is 0 Å². The zero-order chi connectivity index (χ0) is 12.3. The van der Waals surface area contributed by atoms with Crippen molar-refractivity contribution in [1.82, 2.24) is 4.90 Å². The van der Waals surface area contributed by atoms with Crippen LogP contribution in [0.3, 0.4) is 0 Å². The van der Waals surface area contributed by atoms with Gasteiger partial charge in [0.25, 0.3) is 0 Å². The van der Waals surface area contributed by atoms with E-state index in [4.69, 9.17) is 5.11 Å². The Bertz CT molecular complexity index is 255. The molecule has 0 aromatic rings. The van der Waals surface area contributed by atoms with E-state index in [2.05, 4.69) is 0 Å². The fourth-order valence-corrected chi connectivity index (χ4v) is 1.95. The van der Waals surface area contributed by atoms with E-state index in [-0.39, 0.29) is 25.1 Å². The minimum atomic E-state index is -4.46. The Kier molecular flexibility index (Phi) is 4.18. The number of aliphatic hydroxyl groups is 1. The number of piperidine rings is 1. The van der Waals surface area contributed by atoms with Crippen LogP contribution in [0.2, 0.25) is 0 Å². The molecule has 1 rings (SSSR count). The van der Waals surface area contributed by atoms with Crippen LogP contribution >= 0.6 is 0 Å². The monoisotopic (exact) mass is 239 g/mol. The van der Waals surface area contributed by atoms with Gasteiger partial charge in [-0.1, -0.05) is 0 Å². The number of hydrogen-bond acceptors (Lipinski definition) is 2. The molecule has 2 atom stereocenters. The average Bonchev–Trinajstić information content (AvgIpc) is 2.15. The van der Waals surface area contributed by atoms with E-state index >= 15 is 0 Å². The second kappa shape index (κ2) is 5.03. The van der Waals surface area contributed by atoms with E-state index in [1.54, 1.807) is 6.92 Å². The molecule has 1 N–H and O–H groups in total. The molecule has 1 saturated heterocycles. The second-order valence-corrected chi connectivity index (χ2v) is 4.31. The van der Waals surface area contributed by atoms with Gasteiger partial charge in [-0.25, -0.2) is 0 Å². The van der Waals surface area contributed by atoms with Crippen LogP contribution in [-0.4, -0.2) is 41.3 Å². The maximum Gasteiger partial charge on any atom is 0.397 e. The molecule has 2 unspecified atom stereocenters. The summed E-state index contributed by atoms with van der Waals surface area (Å²) < 4.78 is 36.2. The maximum atomic E-state index is 12.1. The van der Waals surface area contributed by atoms with Gasteiger partial charge in [-0.2, -0.15) is 13.2 Å². The Morgan fingerprint density at radius 2 is 2.06 bits per heavy atom. The number of nitrogens with zero attached hydrogens (tertiary/aromatic N) is 1. The van der Waals surface area contributed by atoms with Gasteiger partial charge in [-0.3, -0.25) is 4.79 Å². The Morgan fingerprint density at radius 3 is 2.56 bits per heavy atom. The van der Waals surface area contributed by atoms with E-state index in [0.29, 0.717) is 6.42 Å². The lowest BCUT2D eigenvalue weighted by molar-refractivity contribution is -0.164. The molecule has 3 nitrogen and oxygen atoms in total. The predicted octanol–water partition coefficient (Wildman–Crippen LogP) is 1.56. The number of aliphatic hydroxyl groups excluding tert-OH is 1. The first-order valence-corrected chi connectivity index (χ1v) is 5.30. The van der Waals surface area contributed by atoms with Crippen LogP contribution in [0.15, 0.2) is 0 Å². The summed E-state index contributed by atoms with van der Waals surface area (Å²) in [6, 6.07) is -0.169. The first kappa shape index (κ1) is 13.3. The number of alkyl halides is 3. The molecule has 1 aliphatic rings. The van der Waals surface area contributed by atoms with Gasteiger partial charge in [-0.15, -0.1) is 0 Å². The Morgan fingerprint density at radius 1 is 1.44 bits per heavy atom. The molecule has 0 bridgehead atoms. The van der Waals surface area contributed by atoms with Crippen LogP contribution in [-0.2, 0) is 4.79 Å². The number of hydrogen-bond donors (Lipinski definition) is 1. The zero-order valence-electron chi connectivity index (χ0n) is 9.13. The summed E-state index contributed by atoms with van der Waals surface area (Å²) in [7, 11) is 0. The number of carbonyl (C=O) groups excluding carboxylic acids is 1. The second-order valence-electron chi connectivity index (χ2n) is 4.31. The Hall–Kier alpha value is -0.780. The smallest absolute Gasteiger partial charge is 0.396 e. The van der Waals surface area contributed by atoms with Gasteiger partial charge in [-0.05, 0) is 25.7 Å². The number of amides is 1. The molecule has 0 saturated carbocycles. The van der Waals surface area contributed by atoms with Gasteiger partial charge >= 0.3 is 6.18 Å². The molecule has 1 amide bonds. The molecule has 0 spiro atoms. The summed E-state index contributed by atoms with van der Waals surface area (Å²) in [6.07, 6.45) is -4.46. The quantitative estimate of drug-likeness (QED) is 0.794. The van der Waals surface area contributed by atoms with Crippen LogP contribution in [0.1, 0.15) is 26.2 Å². The van der Waals surface area contributed by atoms with Crippen molar-refractivity contribution in [3.63, 3.8) is 0 Å².